The summed E-state index contributed by atoms with van der Waals surface area (Å²) in [7, 11) is 0. The van der Waals surface area contributed by atoms with Crippen molar-refractivity contribution < 1.29 is 4.79 Å². The summed E-state index contributed by atoms with van der Waals surface area (Å²) in [5, 5.41) is 2.98. The van der Waals surface area contributed by atoms with Crippen molar-refractivity contribution in [1.29, 1.82) is 0 Å². The molecule has 1 saturated carbocycles. The first kappa shape index (κ1) is 16.5. The minimum atomic E-state index is -0.415. The van der Waals surface area contributed by atoms with Crippen molar-refractivity contribution in [3.8, 4) is 0 Å². The van der Waals surface area contributed by atoms with Crippen molar-refractivity contribution in [3.05, 3.63) is 68.1 Å². The molecular formula is C20H24N2O2. The van der Waals surface area contributed by atoms with Gasteiger partial charge in [-0.1, -0.05) is 29.3 Å². The van der Waals surface area contributed by atoms with E-state index in [1.54, 1.807) is 0 Å². The van der Waals surface area contributed by atoms with Crippen LogP contribution in [0.4, 0.5) is 0 Å². The average Bonchev–Trinajstić information content (AvgIpc) is 3.26. The van der Waals surface area contributed by atoms with E-state index in [2.05, 4.69) is 42.3 Å². The quantitative estimate of drug-likeness (QED) is 0.908. The number of H-pyrrole nitrogens is 1. The number of carbonyl (C=O) groups is 1. The van der Waals surface area contributed by atoms with Gasteiger partial charge in [0.05, 0.1) is 5.41 Å². The predicted molar refractivity (Wildman–Crippen MR) is 95.2 cm³/mol. The van der Waals surface area contributed by atoms with Crippen LogP contribution in [0.15, 0.2) is 29.1 Å². The van der Waals surface area contributed by atoms with Crippen LogP contribution >= 0.6 is 0 Å². The van der Waals surface area contributed by atoms with Crippen LogP contribution in [0, 0.1) is 27.7 Å². The van der Waals surface area contributed by atoms with Gasteiger partial charge in [0.2, 0.25) is 5.91 Å². The summed E-state index contributed by atoms with van der Waals surface area (Å²) < 4.78 is 0. The molecule has 1 aromatic carbocycles. The molecule has 1 aliphatic rings. The van der Waals surface area contributed by atoms with Gasteiger partial charge in [0.15, 0.2) is 0 Å². The number of aryl methyl sites for hydroxylation is 4. The van der Waals surface area contributed by atoms with Crippen LogP contribution in [0.25, 0.3) is 0 Å². The summed E-state index contributed by atoms with van der Waals surface area (Å²) in [6.07, 6.45) is 1.73. The number of benzene rings is 1. The van der Waals surface area contributed by atoms with Crippen LogP contribution in [0.2, 0.25) is 0 Å². The van der Waals surface area contributed by atoms with Crippen molar-refractivity contribution in [1.82, 2.24) is 10.3 Å². The van der Waals surface area contributed by atoms with Gasteiger partial charge < -0.3 is 10.3 Å². The van der Waals surface area contributed by atoms with Gasteiger partial charge in [0.25, 0.3) is 5.56 Å². The molecule has 2 N–H and O–H groups in total. The Morgan fingerprint density at radius 1 is 1.08 bits per heavy atom. The van der Waals surface area contributed by atoms with Crippen LogP contribution < -0.4 is 10.9 Å². The zero-order valence-corrected chi connectivity index (χ0v) is 14.7. The summed E-state index contributed by atoms with van der Waals surface area (Å²) >= 11 is 0. The van der Waals surface area contributed by atoms with E-state index >= 15 is 0 Å². The number of hydrogen-bond acceptors (Lipinski definition) is 2. The van der Waals surface area contributed by atoms with Crippen LogP contribution in [0.5, 0.6) is 0 Å². The molecule has 1 aromatic heterocycles. The molecule has 0 spiro atoms. The molecule has 3 rings (SSSR count). The maximum atomic E-state index is 12.8. The molecule has 0 unspecified atom stereocenters. The maximum absolute atomic E-state index is 12.8. The summed E-state index contributed by atoms with van der Waals surface area (Å²) in [6, 6.07) is 8.25. The number of pyridine rings is 1. The van der Waals surface area contributed by atoms with E-state index in [9.17, 15) is 9.59 Å². The monoisotopic (exact) mass is 324 g/mol. The number of amides is 1. The Morgan fingerprint density at radius 3 is 2.25 bits per heavy atom. The van der Waals surface area contributed by atoms with Crippen LogP contribution in [-0.2, 0) is 16.8 Å². The maximum Gasteiger partial charge on any atom is 0.253 e. The molecule has 1 amide bonds. The van der Waals surface area contributed by atoms with Crippen molar-refractivity contribution >= 4 is 5.91 Å². The molecule has 4 heteroatoms. The summed E-state index contributed by atoms with van der Waals surface area (Å²) in [5.41, 5.74) is 5.28. The highest BCUT2D eigenvalue weighted by atomic mass is 16.2. The molecule has 0 atom stereocenters. The molecule has 0 radical (unpaired) electrons. The molecule has 24 heavy (non-hydrogen) atoms. The highest BCUT2D eigenvalue weighted by molar-refractivity contribution is 5.91. The standard InChI is InChI=1S/C20H24N2O2/c1-12-7-13(2)9-16(8-12)20(5-6-20)19(24)21-11-17-14(3)10-15(4)22-18(17)23/h7-10H,5-6,11H2,1-4H3,(H,21,24)(H,22,23). The van der Waals surface area contributed by atoms with Gasteiger partial charge in [-0.2, -0.15) is 0 Å². The predicted octanol–water partition coefficient (Wildman–Crippen LogP) is 2.96. The average molecular weight is 324 g/mol. The van der Waals surface area contributed by atoms with E-state index in [1.807, 2.05) is 19.9 Å². The Labute approximate surface area is 142 Å². The zero-order valence-electron chi connectivity index (χ0n) is 14.7. The van der Waals surface area contributed by atoms with E-state index in [1.165, 1.54) is 11.1 Å². The molecule has 126 valence electrons. The zero-order chi connectivity index (χ0) is 17.5. The number of nitrogens with one attached hydrogen (secondary N) is 2. The van der Waals surface area contributed by atoms with Gasteiger partial charge in [-0.25, -0.2) is 0 Å². The van der Waals surface area contributed by atoms with Crippen molar-refractivity contribution in [2.75, 3.05) is 0 Å². The Morgan fingerprint density at radius 2 is 1.71 bits per heavy atom. The highest BCUT2D eigenvalue weighted by Gasteiger charge is 2.51. The lowest BCUT2D eigenvalue weighted by Gasteiger charge is -2.17. The van der Waals surface area contributed by atoms with E-state index in [-0.39, 0.29) is 18.0 Å². The number of hydrogen-bond donors (Lipinski definition) is 2. The lowest BCUT2D eigenvalue weighted by atomic mass is 9.92. The topological polar surface area (TPSA) is 62.0 Å². The van der Waals surface area contributed by atoms with Crippen LogP contribution in [-0.4, -0.2) is 10.9 Å². The van der Waals surface area contributed by atoms with Crippen molar-refractivity contribution in [2.24, 2.45) is 0 Å². The minimum Gasteiger partial charge on any atom is -0.351 e. The second-order valence-corrected chi connectivity index (χ2v) is 7.08. The molecule has 1 heterocycles. The molecule has 0 bridgehead atoms. The van der Waals surface area contributed by atoms with E-state index in [4.69, 9.17) is 0 Å². The van der Waals surface area contributed by atoms with Gasteiger partial charge in [-0.05, 0) is 57.7 Å². The molecule has 4 nitrogen and oxygen atoms in total. The molecule has 1 aliphatic carbocycles. The van der Waals surface area contributed by atoms with Crippen molar-refractivity contribution in [3.63, 3.8) is 0 Å². The molecule has 0 aliphatic heterocycles. The third kappa shape index (κ3) is 3.01. The fourth-order valence-electron chi connectivity index (χ4n) is 3.46. The van der Waals surface area contributed by atoms with Gasteiger partial charge in [0, 0.05) is 17.8 Å². The minimum absolute atomic E-state index is 0.0203. The summed E-state index contributed by atoms with van der Waals surface area (Å²) in [4.78, 5) is 27.7. The highest BCUT2D eigenvalue weighted by Crippen LogP contribution is 2.48. The Hall–Kier alpha value is -2.36. The first-order valence-electron chi connectivity index (χ1n) is 8.38. The number of aromatic amines is 1. The largest absolute Gasteiger partial charge is 0.351 e. The Kier molecular flexibility index (Phi) is 4.08. The summed E-state index contributed by atoms with van der Waals surface area (Å²) in [6.45, 7) is 8.14. The molecule has 0 saturated heterocycles. The van der Waals surface area contributed by atoms with Gasteiger partial charge in [-0.15, -0.1) is 0 Å². The van der Waals surface area contributed by atoms with Crippen LogP contribution in [0.3, 0.4) is 0 Å². The van der Waals surface area contributed by atoms with Gasteiger partial charge >= 0.3 is 0 Å². The number of carbonyl (C=O) groups excluding carboxylic acids is 1. The third-order valence-corrected chi connectivity index (χ3v) is 4.88. The van der Waals surface area contributed by atoms with E-state index in [0.29, 0.717) is 5.56 Å². The Bertz CT molecular complexity index is 840. The van der Waals surface area contributed by atoms with Gasteiger partial charge in [0.1, 0.15) is 0 Å². The number of aromatic nitrogens is 1. The summed E-state index contributed by atoms with van der Waals surface area (Å²) in [5.74, 6) is 0.0203. The van der Waals surface area contributed by atoms with E-state index in [0.717, 1.165) is 29.7 Å². The van der Waals surface area contributed by atoms with Gasteiger partial charge in [-0.3, -0.25) is 9.59 Å². The SMILES string of the molecule is Cc1cc(C)cc(C2(C(=O)NCc3c(C)cc(C)[nH]c3=O)CC2)c1. The molecule has 2 aromatic rings. The smallest absolute Gasteiger partial charge is 0.253 e. The second kappa shape index (κ2) is 5.93. The molecule has 1 fully saturated rings. The first-order valence-corrected chi connectivity index (χ1v) is 8.38. The number of rotatable bonds is 4. The fraction of sp³-hybridized carbons (Fsp3) is 0.400. The molecular weight excluding hydrogens is 300 g/mol. The Balaban J connectivity index is 1.79. The normalized spacial score (nSPS) is 15.2. The lowest BCUT2D eigenvalue weighted by molar-refractivity contribution is -0.123. The van der Waals surface area contributed by atoms with Crippen LogP contribution in [0.1, 0.15) is 46.4 Å². The first-order chi connectivity index (χ1) is 11.3. The third-order valence-electron chi connectivity index (χ3n) is 4.88. The van der Waals surface area contributed by atoms with Crippen molar-refractivity contribution in [2.45, 2.75) is 52.5 Å². The van der Waals surface area contributed by atoms with E-state index < -0.39 is 5.41 Å². The lowest BCUT2D eigenvalue weighted by Crippen LogP contribution is -2.36. The second-order valence-electron chi connectivity index (χ2n) is 7.08. The fourth-order valence-corrected chi connectivity index (χ4v) is 3.46.